The molecule has 1 saturated heterocycles. The van der Waals surface area contributed by atoms with Gasteiger partial charge in [0.2, 0.25) is 5.88 Å². The van der Waals surface area contributed by atoms with Crippen LogP contribution in [0, 0.1) is 5.82 Å². The standard InChI is InChI=1S/C21H19FN4O2/c22-16-6-3-7-17(13-16)28-20-19(24-10-11-25-20)15-5-4-12-26(14-15)21(27)18-8-1-2-9-23-18/h1-3,6-11,13,15H,4-5,12,14H2. The molecule has 4 rings (SSSR count). The highest BCUT2D eigenvalue weighted by atomic mass is 19.1. The van der Waals surface area contributed by atoms with Gasteiger partial charge in [0.1, 0.15) is 23.0 Å². The van der Waals surface area contributed by atoms with Crippen LogP contribution in [0.4, 0.5) is 4.39 Å². The number of likely N-dealkylation sites (tertiary alicyclic amines) is 1. The molecule has 0 spiro atoms. The first-order chi connectivity index (χ1) is 13.7. The average Bonchev–Trinajstić information content (AvgIpc) is 2.74. The highest BCUT2D eigenvalue weighted by molar-refractivity contribution is 5.92. The molecule has 0 bridgehead atoms. The molecule has 142 valence electrons. The molecule has 6 nitrogen and oxygen atoms in total. The van der Waals surface area contributed by atoms with Crippen LogP contribution >= 0.6 is 0 Å². The number of pyridine rings is 1. The minimum absolute atomic E-state index is 0.0151. The third-order valence-electron chi connectivity index (χ3n) is 4.68. The van der Waals surface area contributed by atoms with Crippen molar-refractivity contribution in [1.29, 1.82) is 0 Å². The van der Waals surface area contributed by atoms with Gasteiger partial charge in [-0.25, -0.2) is 9.37 Å². The lowest BCUT2D eigenvalue weighted by Crippen LogP contribution is -2.39. The normalized spacial score (nSPS) is 16.6. The van der Waals surface area contributed by atoms with E-state index in [1.807, 2.05) is 0 Å². The first kappa shape index (κ1) is 18.0. The fraction of sp³-hybridized carbons (Fsp3) is 0.238. The van der Waals surface area contributed by atoms with Crippen molar-refractivity contribution in [2.24, 2.45) is 0 Å². The van der Waals surface area contributed by atoms with Crippen molar-refractivity contribution in [3.05, 3.63) is 78.3 Å². The molecule has 0 N–H and O–H groups in total. The van der Waals surface area contributed by atoms with Crippen LogP contribution in [0.3, 0.4) is 0 Å². The SMILES string of the molecule is O=C(c1ccccn1)N1CCCC(c2nccnc2Oc2cccc(F)c2)C1. The van der Waals surface area contributed by atoms with Gasteiger partial charge in [-0.1, -0.05) is 12.1 Å². The zero-order valence-corrected chi connectivity index (χ0v) is 15.2. The molecule has 1 unspecified atom stereocenters. The lowest BCUT2D eigenvalue weighted by atomic mass is 9.94. The van der Waals surface area contributed by atoms with E-state index in [1.165, 1.54) is 18.3 Å². The number of piperidine rings is 1. The Kier molecular flexibility index (Phi) is 5.23. The number of hydrogen-bond acceptors (Lipinski definition) is 5. The van der Waals surface area contributed by atoms with E-state index >= 15 is 0 Å². The first-order valence-electron chi connectivity index (χ1n) is 9.15. The van der Waals surface area contributed by atoms with E-state index < -0.39 is 0 Å². The molecular formula is C21H19FN4O2. The van der Waals surface area contributed by atoms with Crippen molar-refractivity contribution in [2.75, 3.05) is 13.1 Å². The zero-order chi connectivity index (χ0) is 19.3. The molecule has 1 fully saturated rings. The number of aromatic nitrogens is 3. The summed E-state index contributed by atoms with van der Waals surface area (Å²) >= 11 is 0. The van der Waals surface area contributed by atoms with Gasteiger partial charge in [-0.3, -0.25) is 14.8 Å². The number of nitrogens with zero attached hydrogens (tertiary/aromatic N) is 4. The number of rotatable bonds is 4. The molecule has 3 aromatic rings. The summed E-state index contributed by atoms with van der Waals surface area (Å²) in [7, 11) is 0. The third-order valence-corrected chi connectivity index (χ3v) is 4.68. The minimum atomic E-state index is -0.382. The molecule has 7 heteroatoms. The average molecular weight is 378 g/mol. The number of benzene rings is 1. The Morgan fingerprint density at radius 3 is 2.79 bits per heavy atom. The predicted molar refractivity (Wildman–Crippen MR) is 101 cm³/mol. The van der Waals surface area contributed by atoms with Gasteiger partial charge in [-0.05, 0) is 37.1 Å². The van der Waals surface area contributed by atoms with Crippen LogP contribution in [0.1, 0.15) is 34.9 Å². The molecule has 1 aliphatic heterocycles. The summed E-state index contributed by atoms with van der Waals surface area (Å²) in [6.45, 7) is 1.18. The van der Waals surface area contributed by atoms with Crippen LogP contribution in [0.5, 0.6) is 11.6 Å². The van der Waals surface area contributed by atoms with E-state index in [2.05, 4.69) is 15.0 Å². The zero-order valence-electron chi connectivity index (χ0n) is 15.2. The second-order valence-electron chi connectivity index (χ2n) is 6.61. The van der Waals surface area contributed by atoms with Crippen molar-refractivity contribution < 1.29 is 13.9 Å². The fourth-order valence-corrected chi connectivity index (χ4v) is 3.37. The molecule has 1 amide bonds. The summed E-state index contributed by atoms with van der Waals surface area (Å²) in [6, 6.07) is 11.2. The van der Waals surface area contributed by atoms with Gasteiger partial charge in [-0.2, -0.15) is 0 Å². The molecule has 0 saturated carbocycles. The highest BCUT2D eigenvalue weighted by Crippen LogP contribution is 2.33. The highest BCUT2D eigenvalue weighted by Gasteiger charge is 2.29. The maximum Gasteiger partial charge on any atom is 0.272 e. The number of ether oxygens (including phenoxy) is 1. The minimum Gasteiger partial charge on any atom is -0.437 e. The predicted octanol–water partition coefficient (Wildman–Crippen LogP) is 3.82. The van der Waals surface area contributed by atoms with Crippen molar-refractivity contribution in [3.8, 4) is 11.6 Å². The van der Waals surface area contributed by atoms with Gasteiger partial charge in [0.15, 0.2) is 0 Å². The summed E-state index contributed by atoms with van der Waals surface area (Å²) in [4.78, 5) is 27.4. The third kappa shape index (κ3) is 3.98. The Labute approximate surface area is 162 Å². The van der Waals surface area contributed by atoms with E-state index in [4.69, 9.17) is 4.74 Å². The second kappa shape index (κ2) is 8.12. The summed E-state index contributed by atoms with van der Waals surface area (Å²) < 4.78 is 19.3. The molecule has 2 aromatic heterocycles. The first-order valence-corrected chi connectivity index (χ1v) is 9.15. The van der Waals surface area contributed by atoms with E-state index in [9.17, 15) is 9.18 Å². The van der Waals surface area contributed by atoms with Gasteiger partial charge >= 0.3 is 0 Å². The summed E-state index contributed by atoms with van der Waals surface area (Å²) in [6.07, 6.45) is 6.47. The monoisotopic (exact) mass is 378 g/mol. The van der Waals surface area contributed by atoms with E-state index in [1.54, 1.807) is 47.6 Å². The molecule has 28 heavy (non-hydrogen) atoms. The Bertz CT molecular complexity index is 967. The van der Waals surface area contributed by atoms with E-state index in [0.29, 0.717) is 36.1 Å². The Hall–Kier alpha value is -3.35. The van der Waals surface area contributed by atoms with Crippen molar-refractivity contribution in [2.45, 2.75) is 18.8 Å². The Balaban J connectivity index is 1.55. The van der Waals surface area contributed by atoms with Crippen molar-refractivity contribution in [3.63, 3.8) is 0 Å². The van der Waals surface area contributed by atoms with Crippen molar-refractivity contribution >= 4 is 5.91 Å². The van der Waals surface area contributed by atoms with Gasteiger partial charge < -0.3 is 9.64 Å². The van der Waals surface area contributed by atoms with Crippen LogP contribution < -0.4 is 4.74 Å². The van der Waals surface area contributed by atoms with E-state index in [-0.39, 0.29) is 17.6 Å². The molecular weight excluding hydrogens is 359 g/mol. The van der Waals surface area contributed by atoms with E-state index in [0.717, 1.165) is 12.8 Å². The molecule has 1 atom stereocenters. The van der Waals surface area contributed by atoms with Gasteiger partial charge in [-0.15, -0.1) is 0 Å². The maximum absolute atomic E-state index is 13.5. The molecule has 3 heterocycles. The lowest BCUT2D eigenvalue weighted by molar-refractivity contribution is 0.0699. The lowest BCUT2D eigenvalue weighted by Gasteiger charge is -2.32. The van der Waals surface area contributed by atoms with Crippen LogP contribution in [0.25, 0.3) is 0 Å². The number of halogens is 1. The van der Waals surface area contributed by atoms with Gasteiger partial charge in [0.25, 0.3) is 5.91 Å². The molecule has 1 aliphatic rings. The topological polar surface area (TPSA) is 68.2 Å². The van der Waals surface area contributed by atoms with Gasteiger partial charge in [0, 0.05) is 43.7 Å². The molecule has 1 aromatic carbocycles. The Morgan fingerprint density at radius 1 is 1.07 bits per heavy atom. The quantitative estimate of drug-likeness (QED) is 0.690. The summed E-state index contributed by atoms with van der Waals surface area (Å²) in [5.74, 6) is 0.206. The number of carbonyl (C=O) groups excluding carboxylic acids is 1. The van der Waals surface area contributed by atoms with Crippen LogP contribution in [-0.4, -0.2) is 38.8 Å². The Morgan fingerprint density at radius 2 is 1.96 bits per heavy atom. The maximum atomic E-state index is 13.5. The van der Waals surface area contributed by atoms with Gasteiger partial charge in [0.05, 0.1) is 0 Å². The van der Waals surface area contributed by atoms with Crippen LogP contribution in [0.15, 0.2) is 61.1 Å². The largest absolute Gasteiger partial charge is 0.437 e. The number of hydrogen-bond donors (Lipinski definition) is 0. The van der Waals surface area contributed by atoms with Crippen LogP contribution in [-0.2, 0) is 0 Å². The van der Waals surface area contributed by atoms with Crippen molar-refractivity contribution in [1.82, 2.24) is 19.9 Å². The number of amides is 1. The smallest absolute Gasteiger partial charge is 0.272 e. The summed E-state index contributed by atoms with van der Waals surface area (Å²) in [5.41, 5.74) is 1.10. The fourth-order valence-electron chi connectivity index (χ4n) is 3.37. The summed E-state index contributed by atoms with van der Waals surface area (Å²) in [5, 5.41) is 0. The second-order valence-corrected chi connectivity index (χ2v) is 6.61. The molecule has 0 radical (unpaired) electrons. The van der Waals surface area contributed by atoms with Crippen LogP contribution in [0.2, 0.25) is 0 Å². The number of carbonyl (C=O) groups is 1. The molecule has 0 aliphatic carbocycles.